The van der Waals surface area contributed by atoms with Crippen LogP contribution in [0, 0.1) is 0 Å². The molecule has 0 fully saturated rings. The van der Waals surface area contributed by atoms with Gasteiger partial charge in [-0.3, -0.25) is 0 Å². The second-order valence-corrected chi connectivity index (χ2v) is 4.00. The smallest absolute Gasteiger partial charge is 0.162 e. The minimum atomic E-state index is 0.480. The molecule has 5 nitrogen and oxygen atoms in total. The molecule has 0 aliphatic heterocycles. The van der Waals surface area contributed by atoms with Crippen LogP contribution < -0.4 is 10.6 Å². The van der Waals surface area contributed by atoms with Gasteiger partial charge in [-0.1, -0.05) is 12.1 Å². The van der Waals surface area contributed by atoms with Crippen molar-refractivity contribution in [2.75, 3.05) is 26.7 Å². The maximum absolute atomic E-state index is 5.09. The van der Waals surface area contributed by atoms with E-state index in [-0.39, 0.29) is 0 Å². The van der Waals surface area contributed by atoms with Crippen molar-refractivity contribution in [1.82, 2.24) is 15.8 Å². The lowest BCUT2D eigenvalue weighted by Gasteiger charge is -2.03. The monoisotopic (exact) mass is 241 g/mol. The van der Waals surface area contributed by atoms with Crippen LogP contribution in [0.15, 0.2) is 10.6 Å². The molecule has 0 saturated carbocycles. The fraction of sp³-hybridized carbons (Fsp3) is 0.750. The lowest BCUT2D eigenvalue weighted by molar-refractivity contribution is 0.155. The van der Waals surface area contributed by atoms with Crippen molar-refractivity contribution < 1.29 is 9.26 Å². The first-order valence-corrected chi connectivity index (χ1v) is 6.21. The van der Waals surface area contributed by atoms with Crippen molar-refractivity contribution in [2.24, 2.45) is 0 Å². The van der Waals surface area contributed by atoms with Crippen LogP contribution in [0.5, 0.6) is 0 Å². The highest BCUT2D eigenvalue weighted by Gasteiger charge is 2.02. The van der Waals surface area contributed by atoms with Crippen LogP contribution in [0.4, 0.5) is 0 Å². The summed E-state index contributed by atoms with van der Waals surface area (Å²) in [5.41, 5.74) is 0.929. The molecule has 0 bridgehead atoms. The third-order valence-corrected chi connectivity index (χ3v) is 2.33. The maximum atomic E-state index is 5.09. The molecule has 1 rings (SSSR count). The number of hydrogen-bond donors (Lipinski definition) is 2. The Balaban J connectivity index is 2.01. The first kappa shape index (κ1) is 14.2. The Morgan fingerprint density at radius 3 is 2.88 bits per heavy atom. The normalized spacial score (nSPS) is 10.9. The molecule has 0 aromatic carbocycles. The fourth-order valence-corrected chi connectivity index (χ4v) is 1.51. The second kappa shape index (κ2) is 9.15. The van der Waals surface area contributed by atoms with Crippen LogP contribution in [0.2, 0.25) is 0 Å². The standard InChI is InChI=1S/C12H23N3O2/c1-3-5-13-6-4-7-14-9-11-8-12(10-16-2)17-15-11/h8,13-14H,3-7,9-10H2,1-2H3. The highest BCUT2D eigenvalue weighted by molar-refractivity contribution is 5.04. The maximum Gasteiger partial charge on any atom is 0.162 e. The van der Waals surface area contributed by atoms with Gasteiger partial charge in [0.25, 0.3) is 0 Å². The van der Waals surface area contributed by atoms with Gasteiger partial charge < -0.3 is 19.9 Å². The van der Waals surface area contributed by atoms with Crippen molar-refractivity contribution >= 4 is 0 Å². The molecule has 0 aliphatic rings. The van der Waals surface area contributed by atoms with E-state index in [0.717, 1.165) is 44.1 Å². The summed E-state index contributed by atoms with van der Waals surface area (Å²) in [6.07, 6.45) is 2.32. The lowest BCUT2D eigenvalue weighted by atomic mass is 10.3. The summed E-state index contributed by atoms with van der Waals surface area (Å²) in [4.78, 5) is 0. The van der Waals surface area contributed by atoms with Gasteiger partial charge in [0.15, 0.2) is 5.76 Å². The molecule has 1 heterocycles. The predicted octanol–water partition coefficient (Wildman–Crippen LogP) is 1.30. The molecule has 2 N–H and O–H groups in total. The molecular weight excluding hydrogens is 218 g/mol. The summed E-state index contributed by atoms with van der Waals surface area (Å²) in [7, 11) is 1.64. The Hall–Kier alpha value is -0.910. The van der Waals surface area contributed by atoms with Gasteiger partial charge in [-0.2, -0.15) is 0 Å². The predicted molar refractivity (Wildman–Crippen MR) is 66.7 cm³/mol. The average molecular weight is 241 g/mol. The van der Waals surface area contributed by atoms with Crippen LogP contribution in [0.25, 0.3) is 0 Å². The number of rotatable bonds is 10. The van der Waals surface area contributed by atoms with E-state index in [0.29, 0.717) is 6.61 Å². The van der Waals surface area contributed by atoms with Crippen molar-refractivity contribution in [3.63, 3.8) is 0 Å². The molecule has 0 unspecified atom stereocenters. The molecular formula is C12H23N3O2. The Morgan fingerprint density at radius 1 is 1.29 bits per heavy atom. The van der Waals surface area contributed by atoms with Crippen molar-refractivity contribution in [1.29, 1.82) is 0 Å². The summed E-state index contributed by atoms with van der Waals surface area (Å²) >= 11 is 0. The molecule has 17 heavy (non-hydrogen) atoms. The summed E-state index contributed by atoms with van der Waals surface area (Å²) in [6, 6.07) is 1.92. The van der Waals surface area contributed by atoms with Crippen LogP contribution in [0.3, 0.4) is 0 Å². The first-order valence-electron chi connectivity index (χ1n) is 6.21. The molecule has 5 heteroatoms. The van der Waals surface area contributed by atoms with Crippen LogP contribution in [-0.2, 0) is 17.9 Å². The number of hydrogen-bond acceptors (Lipinski definition) is 5. The van der Waals surface area contributed by atoms with E-state index < -0.39 is 0 Å². The minimum absolute atomic E-state index is 0.480. The number of nitrogens with zero attached hydrogens (tertiary/aromatic N) is 1. The van der Waals surface area contributed by atoms with Crippen LogP contribution in [0.1, 0.15) is 31.2 Å². The molecule has 1 aromatic rings. The highest BCUT2D eigenvalue weighted by atomic mass is 16.5. The van der Waals surface area contributed by atoms with E-state index in [1.165, 1.54) is 6.42 Å². The molecule has 0 amide bonds. The topological polar surface area (TPSA) is 59.3 Å². The van der Waals surface area contributed by atoms with Gasteiger partial charge in [0.1, 0.15) is 6.61 Å². The van der Waals surface area contributed by atoms with E-state index >= 15 is 0 Å². The Bertz CT molecular complexity index is 289. The van der Waals surface area contributed by atoms with Gasteiger partial charge in [-0.05, 0) is 32.5 Å². The molecule has 0 saturated heterocycles. The summed E-state index contributed by atoms with van der Waals surface area (Å²) in [5.74, 6) is 0.772. The third-order valence-electron chi connectivity index (χ3n) is 2.33. The zero-order valence-corrected chi connectivity index (χ0v) is 10.8. The molecule has 1 aromatic heterocycles. The van der Waals surface area contributed by atoms with E-state index in [2.05, 4.69) is 22.7 Å². The van der Waals surface area contributed by atoms with E-state index in [1.54, 1.807) is 7.11 Å². The molecule has 0 radical (unpaired) electrons. The molecule has 0 atom stereocenters. The average Bonchev–Trinajstić information content (AvgIpc) is 2.76. The zero-order valence-electron chi connectivity index (χ0n) is 10.8. The Kier molecular flexibility index (Phi) is 7.62. The minimum Gasteiger partial charge on any atom is -0.377 e. The number of methoxy groups -OCH3 is 1. The second-order valence-electron chi connectivity index (χ2n) is 4.00. The van der Waals surface area contributed by atoms with Crippen molar-refractivity contribution in [2.45, 2.75) is 32.9 Å². The van der Waals surface area contributed by atoms with Crippen molar-refractivity contribution in [3.05, 3.63) is 17.5 Å². The van der Waals surface area contributed by atoms with E-state index in [9.17, 15) is 0 Å². The molecule has 0 aliphatic carbocycles. The summed E-state index contributed by atoms with van der Waals surface area (Å²) in [5, 5.41) is 10.6. The van der Waals surface area contributed by atoms with Gasteiger partial charge in [0, 0.05) is 19.7 Å². The van der Waals surface area contributed by atoms with Crippen LogP contribution >= 0.6 is 0 Å². The number of nitrogens with one attached hydrogen (secondary N) is 2. The number of aromatic nitrogens is 1. The summed E-state index contributed by atoms with van der Waals surface area (Å²) in [6.45, 7) is 6.56. The fourth-order valence-electron chi connectivity index (χ4n) is 1.51. The van der Waals surface area contributed by atoms with E-state index in [1.807, 2.05) is 6.07 Å². The SMILES string of the molecule is CCCNCCCNCc1cc(COC)on1. The number of ether oxygens (including phenoxy) is 1. The quantitative estimate of drug-likeness (QED) is 0.605. The van der Waals surface area contributed by atoms with Crippen LogP contribution in [-0.4, -0.2) is 31.9 Å². The van der Waals surface area contributed by atoms with Crippen molar-refractivity contribution in [3.8, 4) is 0 Å². The highest BCUT2D eigenvalue weighted by Crippen LogP contribution is 2.04. The third kappa shape index (κ3) is 6.41. The first-order chi connectivity index (χ1) is 8.36. The zero-order chi connectivity index (χ0) is 12.3. The van der Waals surface area contributed by atoms with Gasteiger partial charge in [-0.15, -0.1) is 0 Å². The lowest BCUT2D eigenvalue weighted by Crippen LogP contribution is -2.22. The Morgan fingerprint density at radius 2 is 2.12 bits per heavy atom. The van der Waals surface area contributed by atoms with E-state index in [4.69, 9.17) is 9.26 Å². The van der Waals surface area contributed by atoms with Gasteiger partial charge in [0.05, 0.1) is 5.69 Å². The molecule has 98 valence electrons. The van der Waals surface area contributed by atoms with Gasteiger partial charge in [-0.25, -0.2) is 0 Å². The summed E-state index contributed by atoms with van der Waals surface area (Å²) < 4.78 is 10.0. The Labute approximate surface area is 103 Å². The van der Waals surface area contributed by atoms with Gasteiger partial charge in [0.2, 0.25) is 0 Å². The van der Waals surface area contributed by atoms with Gasteiger partial charge >= 0.3 is 0 Å². The molecule has 0 spiro atoms. The largest absolute Gasteiger partial charge is 0.377 e.